The number of likely N-dealkylation sites (N-methyl/N-ethyl adjacent to an activating group) is 1. The Bertz CT molecular complexity index is 896. The lowest BCUT2D eigenvalue weighted by atomic mass is 9.95. The normalized spacial score (nSPS) is 19.5. The number of aromatic nitrogens is 1. The zero-order valence-corrected chi connectivity index (χ0v) is 16.7. The van der Waals surface area contributed by atoms with E-state index in [2.05, 4.69) is 39.5 Å². The highest BCUT2D eigenvalue weighted by atomic mass is 16.5. The molecule has 0 spiro atoms. The maximum Gasteiger partial charge on any atom is 0.222 e. The van der Waals surface area contributed by atoms with Crippen molar-refractivity contribution < 1.29 is 9.32 Å². The van der Waals surface area contributed by atoms with Gasteiger partial charge in [0.25, 0.3) is 0 Å². The summed E-state index contributed by atoms with van der Waals surface area (Å²) in [7, 11) is 2.14. The van der Waals surface area contributed by atoms with Crippen LogP contribution in [0.3, 0.4) is 0 Å². The Hall–Kier alpha value is -2.67. The molecule has 0 bridgehead atoms. The van der Waals surface area contributed by atoms with E-state index >= 15 is 0 Å². The third-order valence-electron chi connectivity index (χ3n) is 5.48. The highest BCUT2D eigenvalue weighted by molar-refractivity contribution is 6.06. The van der Waals surface area contributed by atoms with Crippen molar-refractivity contribution in [1.29, 1.82) is 0 Å². The van der Waals surface area contributed by atoms with E-state index in [1.807, 2.05) is 26.0 Å². The molecular weight excluding hydrogens is 354 g/mol. The van der Waals surface area contributed by atoms with Crippen molar-refractivity contribution in [2.75, 3.05) is 39.8 Å². The summed E-state index contributed by atoms with van der Waals surface area (Å²) in [6, 6.07) is 7.91. The van der Waals surface area contributed by atoms with Crippen LogP contribution in [0.2, 0.25) is 0 Å². The van der Waals surface area contributed by atoms with Crippen LogP contribution in [0, 0.1) is 6.92 Å². The fraction of sp³-hybridized carbons (Fsp3) is 0.476. The molecule has 1 aromatic heterocycles. The number of nitrogens with one attached hydrogen (secondary N) is 1. The van der Waals surface area contributed by atoms with Gasteiger partial charge in [0, 0.05) is 38.3 Å². The van der Waals surface area contributed by atoms with E-state index in [9.17, 15) is 4.79 Å². The molecule has 0 radical (unpaired) electrons. The highest BCUT2D eigenvalue weighted by Crippen LogP contribution is 2.39. The standard InChI is InChI=1S/C21H27N5O2/c1-4-22-18(27)13-17-20-19(14(2)28-24-20)15-7-5-6-8-16(15)21(23-17)26-11-9-25(3)10-12-26/h5-8,17H,4,9-13H2,1-3H3,(H,22,27). The number of hydrogen-bond donors (Lipinski definition) is 1. The second-order valence-corrected chi connectivity index (χ2v) is 7.46. The van der Waals surface area contributed by atoms with Gasteiger partial charge >= 0.3 is 0 Å². The van der Waals surface area contributed by atoms with E-state index in [4.69, 9.17) is 9.52 Å². The average molecular weight is 381 g/mol. The van der Waals surface area contributed by atoms with Crippen LogP contribution in [0.1, 0.15) is 36.4 Å². The Balaban J connectivity index is 1.82. The van der Waals surface area contributed by atoms with Gasteiger partial charge in [-0.05, 0) is 26.5 Å². The van der Waals surface area contributed by atoms with Crippen molar-refractivity contribution in [2.24, 2.45) is 4.99 Å². The van der Waals surface area contributed by atoms with Gasteiger partial charge in [-0.15, -0.1) is 0 Å². The lowest BCUT2D eigenvalue weighted by Crippen LogP contribution is -2.47. The van der Waals surface area contributed by atoms with Gasteiger partial charge in [0.05, 0.1) is 12.0 Å². The lowest BCUT2D eigenvalue weighted by molar-refractivity contribution is -0.121. The minimum absolute atomic E-state index is 0.0217. The van der Waals surface area contributed by atoms with Crippen molar-refractivity contribution >= 4 is 11.7 Å². The van der Waals surface area contributed by atoms with E-state index in [1.165, 1.54) is 0 Å². The fourth-order valence-corrected chi connectivity index (χ4v) is 3.98. The summed E-state index contributed by atoms with van der Waals surface area (Å²) in [6.45, 7) is 8.27. The first-order valence-corrected chi connectivity index (χ1v) is 9.92. The Labute approximate surface area is 165 Å². The van der Waals surface area contributed by atoms with Crippen LogP contribution in [-0.2, 0) is 4.79 Å². The number of fused-ring (bicyclic) bond motifs is 3. The average Bonchev–Trinajstić information content (AvgIpc) is 3.01. The van der Waals surface area contributed by atoms with Crippen LogP contribution in [0.5, 0.6) is 0 Å². The first-order chi connectivity index (χ1) is 13.6. The van der Waals surface area contributed by atoms with Crippen molar-refractivity contribution in [3.05, 3.63) is 41.3 Å². The van der Waals surface area contributed by atoms with Gasteiger partial charge in [0.2, 0.25) is 5.91 Å². The van der Waals surface area contributed by atoms with Crippen LogP contribution in [0.4, 0.5) is 0 Å². The number of carbonyl (C=O) groups is 1. The molecule has 1 amide bonds. The van der Waals surface area contributed by atoms with Gasteiger partial charge in [-0.1, -0.05) is 29.4 Å². The van der Waals surface area contributed by atoms with Crippen molar-refractivity contribution in [3.63, 3.8) is 0 Å². The minimum atomic E-state index is -0.360. The topological polar surface area (TPSA) is 74.0 Å². The van der Waals surface area contributed by atoms with Crippen LogP contribution in [0.15, 0.2) is 33.8 Å². The molecule has 7 heteroatoms. The third kappa shape index (κ3) is 3.42. The molecule has 1 fully saturated rings. The second-order valence-electron chi connectivity index (χ2n) is 7.46. The molecule has 1 unspecified atom stereocenters. The summed E-state index contributed by atoms with van der Waals surface area (Å²) in [5.41, 5.74) is 3.88. The molecule has 3 heterocycles. The minimum Gasteiger partial charge on any atom is -0.361 e. The molecule has 1 atom stereocenters. The van der Waals surface area contributed by atoms with Gasteiger partial charge in [0.15, 0.2) is 0 Å². The summed E-state index contributed by atoms with van der Waals surface area (Å²) in [5, 5.41) is 7.20. The summed E-state index contributed by atoms with van der Waals surface area (Å²) in [4.78, 5) is 22.1. The Kier molecular flexibility index (Phi) is 5.17. The molecule has 148 valence electrons. The lowest BCUT2D eigenvalue weighted by Gasteiger charge is -2.35. The zero-order valence-electron chi connectivity index (χ0n) is 16.7. The number of rotatable bonds is 3. The van der Waals surface area contributed by atoms with E-state index < -0.39 is 0 Å². The van der Waals surface area contributed by atoms with E-state index in [0.29, 0.717) is 6.54 Å². The monoisotopic (exact) mass is 381 g/mol. The number of aryl methyl sites for hydroxylation is 1. The maximum atomic E-state index is 12.4. The van der Waals surface area contributed by atoms with Crippen molar-refractivity contribution in [2.45, 2.75) is 26.3 Å². The molecular formula is C21H27N5O2. The Morgan fingerprint density at radius 3 is 2.64 bits per heavy atom. The molecule has 1 N–H and O–H groups in total. The van der Waals surface area contributed by atoms with E-state index in [1.54, 1.807) is 0 Å². The number of aliphatic imine (C=N–C) groups is 1. The van der Waals surface area contributed by atoms with Gasteiger partial charge < -0.3 is 19.6 Å². The van der Waals surface area contributed by atoms with Gasteiger partial charge in [0.1, 0.15) is 23.3 Å². The summed E-state index contributed by atoms with van der Waals surface area (Å²) in [5.74, 6) is 1.69. The molecule has 4 rings (SSSR count). The summed E-state index contributed by atoms with van der Waals surface area (Å²) >= 11 is 0. The molecule has 2 aliphatic rings. The van der Waals surface area contributed by atoms with Gasteiger partial charge in [-0.3, -0.25) is 9.79 Å². The Morgan fingerprint density at radius 2 is 1.93 bits per heavy atom. The number of hydrogen-bond acceptors (Lipinski definition) is 6. The number of benzene rings is 1. The van der Waals surface area contributed by atoms with Crippen LogP contribution in [0.25, 0.3) is 11.1 Å². The van der Waals surface area contributed by atoms with Crippen molar-refractivity contribution in [1.82, 2.24) is 20.3 Å². The third-order valence-corrected chi connectivity index (χ3v) is 5.48. The predicted octanol–water partition coefficient (Wildman–Crippen LogP) is 2.22. The first-order valence-electron chi connectivity index (χ1n) is 9.92. The molecule has 0 saturated carbocycles. The largest absolute Gasteiger partial charge is 0.361 e. The molecule has 1 aromatic carbocycles. The second kappa shape index (κ2) is 7.75. The highest BCUT2D eigenvalue weighted by Gasteiger charge is 2.32. The summed E-state index contributed by atoms with van der Waals surface area (Å²) in [6.07, 6.45) is 0.262. The Morgan fingerprint density at radius 1 is 1.21 bits per heavy atom. The predicted molar refractivity (Wildman–Crippen MR) is 108 cm³/mol. The van der Waals surface area contributed by atoms with Crippen LogP contribution < -0.4 is 5.32 Å². The number of amidine groups is 1. The van der Waals surface area contributed by atoms with Crippen molar-refractivity contribution in [3.8, 4) is 11.1 Å². The molecule has 2 aliphatic heterocycles. The van der Waals surface area contributed by atoms with E-state index in [-0.39, 0.29) is 18.4 Å². The zero-order chi connectivity index (χ0) is 19.7. The van der Waals surface area contributed by atoms with Gasteiger partial charge in [-0.2, -0.15) is 0 Å². The number of carbonyl (C=O) groups excluding carboxylic acids is 1. The number of nitrogens with zero attached hydrogens (tertiary/aromatic N) is 4. The molecule has 1 saturated heterocycles. The van der Waals surface area contributed by atoms with E-state index in [0.717, 1.165) is 60.2 Å². The number of amides is 1. The quantitative estimate of drug-likeness (QED) is 0.883. The summed E-state index contributed by atoms with van der Waals surface area (Å²) < 4.78 is 5.53. The molecule has 7 nitrogen and oxygen atoms in total. The van der Waals surface area contributed by atoms with Crippen LogP contribution >= 0.6 is 0 Å². The number of piperazine rings is 1. The molecule has 0 aliphatic carbocycles. The first kappa shape index (κ1) is 18.7. The SMILES string of the molecule is CCNC(=O)CC1N=C(N2CCN(C)CC2)c2ccccc2-c2c1noc2C. The smallest absolute Gasteiger partial charge is 0.222 e. The fourth-order valence-electron chi connectivity index (χ4n) is 3.98. The molecule has 28 heavy (non-hydrogen) atoms. The van der Waals surface area contributed by atoms with Gasteiger partial charge in [-0.25, -0.2) is 0 Å². The van der Waals surface area contributed by atoms with Crippen LogP contribution in [-0.4, -0.2) is 66.5 Å². The maximum absolute atomic E-state index is 12.4. The molecule has 2 aromatic rings.